The molecule has 1 aliphatic carbocycles. The van der Waals surface area contributed by atoms with Gasteiger partial charge in [0.2, 0.25) is 41.4 Å². The zero-order valence-electron chi connectivity index (χ0n) is 61.3. The minimum Gasteiger partial charge on any atom is -0.445 e. The van der Waals surface area contributed by atoms with Crippen LogP contribution in [0.25, 0.3) is 0 Å². The van der Waals surface area contributed by atoms with Crippen molar-refractivity contribution in [1.29, 1.82) is 0 Å². The van der Waals surface area contributed by atoms with E-state index in [0.29, 0.717) is 73.9 Å². The number of likely N-dealkylation sites (tertiary alicyclic amines) is 1. The highest BCUT2D eigenvalue weighted by molar-refractivity contribution is 7.09. The van der Waals surface area contributed by atoms with Gasteiger partial charge in [0.15, 0.2) is 17.7 Å². The molecule has 2 heterocycles. The van der Waals surface area contributed by atoms with Gasteiger partial charge in [0.05, 0.1) is 42.7 Å². The number of amides is 10. The molecule has 8 N–H and O–H groups in total. The van der Waals surface area contributed by atoms with Gasteiger partial charge >= 0.3 is 12.1 Å². The average molecular weight is 1430 g/mol. The summed E-state index contributed by atoms with van der Waals surface area (Å²) >= 11 is 1.47. The van der Waals surface area contributed by atoms with Gasteiger partial charge in [0.25, 0.3) is 0 Å². The number of hydrogen-bond acceptors (Lipinski definition) is 17. The lowest BCUT2D eigenvalue weighted by Crippen LogP contribution is -2.60. The van der Waals surface area contributed by atoms with E-state index in [9.17, 15) is 52.7 Å². The molecule has 1 unspecified atom stereocenters. The van der Waals surface area contributed by atoms with Crippen LogP contribution in [0.5, 0.6) is 0 Å². The zero-order valence-corrected chi connectivity index (χ0v) is 62.1. The topological polar surface area (TPSA) is 345 Å². The van der Waals surface area contributed by atoms with E-state index in [0.717, 1.165) is 10.6 Å². The van der Waals surface area contributed by atoms with Gasteiger partial charge in [-0.15, -0.1) is 11.3 Å². The zero-order chi connectivity index (χ0) is 74.9. The van der Waals surface area contributed by atoms with Gasteiger partial charge in [-0.2, -0.15) is 0 Å². The molecule has 558 valence electrons. The number of carbonyl (C=O) groups excluding carboxylic acids is 11. The summed E-state index contributed by atoms with van der Waals surface area (Å²) in [6, 6.07) is 16.4. The highest BCUT2D eigenvalue weighted by Gasteiger charge is 2.45. The molecule has 1 aromatic heterocycles. The number of carbonyl (C=O) groups is 11. The van der Waals surface area contributed by atoms with Crippen LogP contribution in [0.3, 0.4) is 0 Å². The van der Waals surface area contributed by atoms with Crippen LogP contribution in [0.15, 0.2) is 90.4 Å². The average Bonchev–Trinajstić information content (AvgIpc) is 1.59. The summed E-state index contributed by atoms with van der Waals surface area (Å²) in [6.07, 6.45) is 2.60. The van der Waals surface area contributed by atoms with Crippen molar-refractivity contribution in [1.82, 2.24) is 46.3 Å². The molecule has 27 heteroatoms. The molecule has 0 bridgehead atoms. The molecule has 1 saturated heterocycles. The Morgan fingerprint density at radius 1 is 0.706 bits per heavy atom. The van der Waals surface area contributed by atoms with Crippen LogP contribution in [0, 0.1) is 29.6 Å². The van der Waals surface area contributed by atoms with Crippen molar-refractivity contribution >= 4 is 82.1 Å². The molecule has 1 fully saturated rings. The number of nitrogens with two attached hydrogens (primary N) is 1. The molecule has 0 saturated carbocycles. The molecule has 1 aliphatic heterocycles. The van der Waals surface area contributed by atoms with E-state index in [-0.39, 0.29) is 86.7 Å². The van der Waals surface area contributed by atoms with Crippen LogP contribution in [0.4, 0.5) is 15.3 Å². The SMILES string of the molecule is CC[C@H](C)[C@@H]([C@@H](CC(=O)N1CCC[C@H]1C(OC)[C@@H](C)C(=O)N[C@@H](Cc1ccccc1)c1nccs1)OC)N(C)C(=O)[C@@H](NC(=O)[C@H](C(C)C)N(C)C(=O)OCc1ccc(NC(=O)[C@H](CCCNC(N)=O)NC(=O)[C@@H](NC(=O)CCCCCOC2C(=O)c3ccccc3C2=O)C(C)C)cc1)C(C)C. The number of hydrogen-bond donors (Lipinski definition) is 7. The van der Waals surface area contributed by atoms with Crippen LogP contribution >= 0.6 is 11.3 Å². The normalized spacial score (nSPS) is 16.7. The Morgan fingerprint density at radius 3 is 1.95 bits per heavy atom. The Labute approximate surface area is 603 Å². The van der Waals surface area contributed by atoms with Gasteiger partial charge in [0, 0.05) is 82.8 Å². The Balaban J connectivity index is 1.02. The minimum atomic E-state index is -1.18. The first kappa shape index (κ1) is 82.3. The number of fused-ring (bicyclic) bond motifs is 1. The predicted molar refractivity (Wildman–Crippen MR) is 387 cm³/mol. The van der Waals surface area contributed by atoms with E-state index in [1.54, 1.807) is 106 Å². The van der Waals surface area contributed by atoms with E-state index >= 15 is 0 Å². The Hall–Kier alpha value is -8.66. The molecule has 0 spiro atoms. The van der Waals surface area contributed by atoms with Crippen molar-refractivity contribution in [3.63, 3.8) is 0 Å². The Bertz CT molecular complexity index is 3410. The summed E-state index contributed by atoms with van der Waals surface area (Å²) in [5.41, 5.74) is 7.87. The number of aromatic nitrogens is 1. The third-order valence-corrected chi connectivity index (χ3v) is 20.1. The number of methoxy groups -OCH3 is 2. The first-order valence-corrected chi connectivity index (χ1v) is 36.4. The van der Waals surface area contributed by atoms with E-state index in [1.807, 2.05) is 70.3 Å². The number of unbranched alkanes of at least 4 members (excludes halogenated alkanes) is 2. The van der Waals surface area contributed by atoms with E-state index in [2.05, 4.69) is 36.9 Å². The van der Waals surface area contributed by atoms with Crippen LogP contribution < -0.4 is 37.6 Å². The molecule has 0 radical (unpaired) electrons. The molecule has 11 atom stereocenters. The number of primary amides is 1. The maximum absolute atomic E-state index is 14.9. The molecule has 3 aromatic carbocycles. The largest absolute Gasteiger partial charge is 0.445 e. The monoisotopic (exact) mass is 1430 g/mol. The number of nitrogens with zero attached hydrogens (tertiary/aromatic N) is 4. The van der Waals surface area contributed by atoms with Crippen molar-refractivity contribution in [2.45, 2.75) is 200 Å². The maximum Gasteiger partial charge on any atom is 0.410 e. The van der Waals surface area contributed by atoms with Crippen molar-refractivity contribution < 1.29 is 71.7 Å². The summed E-state index contributed by atoms with van der Waals surface area (Å²) in [5, 5.41) is 19.7. The number of thiazole rings is 1. The fourth-order valence-corrected chi connectivity index (χ4v) is 14.0. The summed E-state index contributed by atoms with van der Waals surface area (Å²) in [6.45, 7) is 16.9. The third kappa shape index (κ3) is 22.9. The molecule has 4 aromatic rings. The molecular formula is C75H107N11O15S. The van der Waals surface area contributed by atoms with Crippen LogP contribution in [-0.4, -0.2) is 187 Å². The summed E-state index contributed by atoms with van der Waals surface area (Å²) in [7, 11) is 6.16. The molecule has 6 rings (SSSR count). The number of anilines is 1. The number of likely N-dealkylation sites (N-methyl/N-ethyl adjacent to an activating group) is 2. The molecule has 102 heavy (non-hydrogen) atoms. The number of ketones is 2. The summed E-state index contributed by atoms with van der Waals surface area (Å²) in [4.78, 5) is 159. The second-order valence-corrected chi connectivity index (χ2v) is 28.5. The Kier molecular flexibility index (Phi) is 32.5. The molecule has 10 amide bonds. The number of benzene rings is 3. The summed E-state index contributed by atoms with van der Waals surface area (Å²) < 4.78 is 23.6. The lowest BCUT2D eigenvalue weighted by molar-refractivity contribution is -0.148. The molecule has 26 nitrogen and oxygen atoms in total. The number of Topliss-reactive ketones (excluding diaryl/α,β-unsaturated/α-hetero) is 2. The van der Waals surface area contributed by atoms with Crippen LogP contribution in [0.1, 0.15) is 169 Å². The van der Waals surface area contributed by atoms with Gasteiger partial charge < -0.3 is 66.4 Å². The van der Waals surface area contributed by atoms with Crippen LogP contribution in [-0.2, 0) is 65.5 Å². The maximum atomic E-state index is 14.9. The second-order valence-electron chi connectivity index (χ2n) is 27.6. The third-order valence-electron chi connectivity index (χ3n) is 19.2. The predicted octanol–water partition coefficient (Wildman–Crippen LogP) is 7.93. The smallest absolute Gasteiger partial charge is 0.410 e. The van der Waals surface area contributed by atoms with Gasteiger partial charge in [-0.05, 0) is 91.9 Å². The number of ether oxygens (including phenoxy) is 4. The summed E-state index contributed by atoms with van der Waals surface area (Å²) in [5.74, 6) is -5.82. The molecule has 2 aliphatic rings. The van der Waals surface area contributed by atoms with Crippen LogP contribution in [0.2, 0.25) is 0 Å². The first-order chi connectivity index (χ1) is 48.6. The van der Waals surface area contributed by atoms with Crippen molar-refractivity contribution in [2.75, 3.05) is 53.3 Å². The number of nitrogens with one attached hydrogen (secondary N) is 6. The van der Waals surface area contributed by atoms with E-state index in [4.69, 9.17) is 24.7 Å². The van der Waals surface area contributed by atoms with Gasteiger partial charge in [-0.3, -0.25) is 48.1 Å². The Morgan fingerprint density at radius 2 is 1.36 bits per heavy atom. The number of urea groups is 1. The molecular weight excluding hydrogens is 1330 g/mol. The van der Waals surface area contributed by atoms with Crippen molar-refractivity contribution in [3.05, 3.63) is 118 Å². The second kappa shape index (κ2) is 40.3. The van der Waals surface area contributed by atoms with Gasteiger partial charge in [0.1, 0.15) is 35.8 Å². The lowest BCUT2D eigenvalue weighted by Gasteiger charge is -2.41. The highest BCUT2D eigenvalue weighted by Crippen LogP contribution is 2.32. The van der Waals surface area contributed by atoms with Gasteiger partial charge in [-0.25, -0.2) is 14.6 Å². The van der Waals surface area contributed by atoms with E-state index in [1.165, 1.54) is 30.4 Å². The van der Waals surface area contributed by atoms with Gasteiger partial charge in [-0.1, -0.05) is 142 Å². The fourth-order valence-electron chi connectivity index (χ4n) is 13.3. The first-order valence-electron chi connectivity index (χ1n) is 35.5. The van der Waals surface area contributed by atoms with Crippen molar-refractivity contribution in [2.24, 2.45) is 35.3 Å². The van der Waals surface area contributed by atoms with Crippen molar-refractivity contribution in [3.8, 4) is 0 Å². The minimum absolute atomic E-state index is 0.0774. The fraction of sp³-hybridized carbons (Fsp3) is 0.573. The quantitative estimate of drug-likeness (QED) is 0.0164. The highest BCUT2D eigenvalue weighted by atomic mass is 32.1. The van der Waals surface area contributed by atoms with E-state index < -0.39 is 114 Å². The lowest BCUT2D eigenvalue weighted by atomic mass is 9.89. The number of rotatable bonds is 40. The standard InChI is InChI=1S/C75H107N11O15S/c1-14-47(8)63(57(98-12)42-59(88)86-38-24-30-56(86)66(99-13)48(9)68(91)81-55(72-77-37-40-102-72)41-49-25-17-15-18-26-49)84(10)73(95)61(45(4)5)83-71(94)62(46(6)7)85(11)75(97)101-43-50-32-34-51(35-33-50)79-69(92)54(29-23-36-78-74(76)96)80-70(93)60(44(2)3)82-58(87)31-19-16-22-39-100-67-64(89)52-27-20-21-28-53(52)65(67)90/h15,17-18,20-21,25-28,32-35,37,40,44-48,54-57,60-63,66-67H,14,16,19,22-24,29-31,36,38-39,41-43H2,1-13H3,(H,79,92)(H,80,93)(H,81,91)(H,82,87)(H,83,94)(H3,76,78,96)/t47-,48+,54-,55-,56-,57+,60-,61-,62-,63-,66?/m0/s1.